The molecule has 6 heteroatoms. The molecular formula is C15H14BrNO4. The van der Waals surface area contributed by atoms with Crippen LogP contribution in [-0.4, -0.2) is 20.2 Å². The third-order valence-electron chi connectivity index (χ3n) is 2.73. The van der Waals surface area contributed by atoms with E-state index in [-0.39, 0.29) is 0 Å². The van der Waals surface area contributed by atoms with E-state index in [4.69, 9.17) is 14.3 Å². The van der Waals surface area contributed by atoms with E-state index in [0.29, 0.717) is 22.7 Å². The van der Waals surface area contributed by atoms with E-state index in [9.17, 15) is 4.79 Å². The number of nitrogens with one attached hydrogen (secondary N) is 1. The van der Waals surface area contributed by atoms with Crippen LogP contribution in [0, 0.1) is 0 Å². The lowest BCUT2D eigenvalue weighted by Crippen LogP contribution is -2.11. The predicted octanol–water partition coefficient (Wildman–Crippen LogP) is 3.65. The number of rotatable bonds is 5. The van der Waals surface area contributed by atoms with Crippen LogP contribution < -0.4 is 15.0 Å². The third-order valence-corrected chi connectivity index (χ3v) is 3.25. The number of ether oxygens (including phenoxy) is 2. The van der Waals surface area contributed by atoms with Gasteiger partial charge in [0.05, 0.1) is 25.5 Å². The topological polar surface area (TPSA) is 56.8 Å². The molecule has 0 fully saturated rings. The van der Waals surface area contributed by atoms with Gasteiger partial charge in [-0.2, -0.15) is 0 Å². The molecule has 2 aromatic carbocycles. The highest BCUT2D eigenvalue weighted by Crippen LogP contribution is 2.27. The molecule has 0 saturated carbocycles. The van der Waals surface area contributed by atoms with Gasteiger partial charge in [0.25, 0.3) is 0 Å². The first kappa shape index (κ1) is 15.2. The van der Waals surface area contributed by atoms with Crippen LogP contribution in [0.5, 0.6) is 11.5 Å². The smallest absolute Gasteiger partial charge is 0.362 e. The van der Waals surface area contributed by atoms with Crippen LogP contribution in [-0.2, 0) is 4.84 Å². The largest absolute Gasteiger partial charge is 0.493 e. The summed E-state index contributed by atoms with van der Waals surface area (Å²) in [5.41, 5.74) is 3.63. The lowest BCUT2D eigenvalue weighted by molar-refractivity contribution is 0.0596. The van der Waals surface area contributed by atoms with Gasteiger partial charge in [0.15, 0.2) is 11.5 Å². The van der Waals surface area contributed by atoms with Crippen LogP contribution >= 0.6 is 15.9 Å². The minimum absolute atomic E-state index is 0.359. The fraction of sp³-hybridized carbons (Fsp3) is 0.133. The van der Waals surface area contributed by atoms with Gasteiger partial charge in [-0.25, -0.2) is 10.3 Å². The van der Waals surface area contributed by atoms with Crippen molar-refractivity contribution in [1.29, 1.82) is 0 Å². The van der Waals surface area contributed by atoms with Crippen LogP contribution in [0.25, 0.3) is 0 Å². The average Bonchev–Trinajstić information content (AvgIpc) is 2.53. The normalized spacial score (nSPS) is 9.86. The van der Waals surface area contributed by atoms with E-state index < -0.39 is 5.97 Å². The predicted molar refractivity (Wildman–Crippen MR) is 82.7 cm³/mol. The summed E-state index contributed by atoms with van der Waals surface area (Å²) in [6.07, 6.45) is 0. The average molecular weight is 352 g/mol. The van der Waals surface area contributed by atoms with Gasteiger partial charge in [0.2, 0.25) is 0 Å². The van der Waals surface area contributed by atoms with Crippen molar-refractivity contribution < 1.29 is 19.1 Å². The first-order valence-corrected chi connectivity index (χ1v) is 6.88. The van der Waals surface area contributed by atoms with Gasteiger partial charge in [-0.15, -0.1) is 0 Å². The monoisotopic (exact) mass is 351 g/mol. The fourth-order valence-electron chi connectivity index (χ4n) is 1.65. The van der Waals surface area contributed by atoms with Crippen LogP contribution in [0.2, 0.25) is 0 Å². The molecule has 0 amide bonds. The molecule has 0 aliphatic heterocycles. The maximum Gasteiger partial charge on any atom is 0.362 e. The standard InChI is InChI=1S/C15H14BrNO4/c1-19-13-8-3-10(9-14(13)20-2)15(18)21-17-12-6-4-11(16)5-7-12/h3-9,17H,1-2H3. The quantitative estimate of drug-likeness (QED) is 0.833. The van der Waals surface area contributed by atoms with Gasteiger partial charge in [0.1, 0.15) is 0 Å². The SMILES string of the molecule is COc1ccc(C(=O)ONc2ccc(Br)cc2)cc1OC. The molecule has 0 unspecified atom stereocenters. The summed E-state index contributed by atoms with van der Waals surface area (Å²) in [6.45, 7) is 0. The molecule has 2 aromatic rings. The molecular weight excluding hydrogens is 338 g/mol. The number of halogens is 1. The van der Waals surface area contributed by atoms with Crippen molar-refractivity contribution in [3.05, 3.63) is 52.5 Å². The summed E-state index contributed by atoms with van der Waals surface area (Å²) in [6, 6.07) is 12.1. The zero-order valence-electron chi connectivity index (χ0n) is 11.6. The second kappa shape index (κ2) is 6.99. The minimum atomic E-state index is -0.515. The molecule has 1 N–H and O–H groups in total. The molecule has 0 heterocycles. The summed E-state index contributed by atoms with van der Waals surface area (Å²) in [5, 5.41) is 0. The number of hydrogen-bond donors (Lipinski definition) is 1. The summed E-state index contributed by atoms with van der Waals surface area (Å²) in [7, 11) is 3.04. The summed E-state index contributed by atoms with van der Waals surface area (Å²) in [5.74, 6) is 0.504. The number of benzene rings is 2. The van der Waals surface area contributed by atoms with Gasteiger partial charge in [-0.1, -0.05) is 15.9 Å². The van der Waals surface area contributed by atoms with Crippen molar-refractivity contribution in [2.45, 2.75) is 0 Å². The highest BCUT2D eigenvalue weighted by atomic mass is 79.9. The van der Waals surface area contributed by atoms with Crippen molar-refractivity contribution in [3.63, 3.8) is 0 Å². The highest BCUT2D eigenvalue weighted by Gasteiger charge is 2.12. The number of carbonyl (C=O) groups is 1. The maximum absolute atomic E-state index is 12.0. The summed E-state index contributed by atoms with van der Waals surface area (Å²) in [4.78, 5) is 17.0. The Labute approximate surface area is 130 Å². The minimum Gasteiger partial charge on any atom is -0.493 e. The van der Waals surface area contributed by atoms with Crippen LogP contribution in [0.15, 0.2) is 46.9 Å². The molecule has 21 heavy (non-hydrogen) atoms. The number of hydrogen-bond acceptors (Lipinski definition) is 5. The van der Waals surface area contributed by atoms with E-state index in [1.165, 1.54) is 14.2 Å². The second-order valence-corrected chi connectivity index (χ2v) is 4.98. The van der Waals surface area contributed by atoms with E-state index in [1.54, 1.807) is 30.3 Å². The van der Waals surface area contributed by atoms with Crippen LogP contribution in [0.3, 0.4) is 0 Å². The maximum atomic E-state index is 12.0. The van der Waals surface area contributed by atoms with Crippen molar-refractivity contribution in [3.8, 4) is 11.5 Å². The van der Waals surface area contributed by atoms with Crippen molar-refractivity contribution in [2.75, 3.05) is 19.7 Å². The fourth-order valence-corrected chi connectivity index (χ4v) is 1.91. The molecule has 5 nitrogen and oxygen atoms in total. The van der Waals surface area contributed by atoms with Crippen LogP contribution in [0.4, 0.5) is 5.69 Å². The van der Waals surface area contributed by atoms with Crippen molar-refractivity contribution in [2.24, 2.45) is 0 Å². The molecule has 0 radical (unpaired) electrons. The van der Waals surface area contributed by atoms with E-state index in [2.05, 4.69) is 21.4 Å². The Morgan fingerprint density at radius 2 is 1.67 bits per heavy atom. The van der Waals surface area contributed by atoms with E-state index in [0.717, 1.165) is 4.47 Å². The third kappa shape index (κ3) is 3.88. The molecule has 110 valence electrons. The molecule has 0 aliphatic rings. The van der Waals surface area contributed by atoms with Crippen molar-refractivity contribution in [1.82, 2.24) is 0 Å². The van der Waals surface area contributed by atoms with Crippen LogP contribution in [0.1, 0.15) is 10.4 Å². The summed E-state index contributed by atoms with van der Waals surface area (Å²) >= 11 is 3.33. The number of carbonyl (C=O) groups excluding carboxylic acids is 1. The Kier molecular flexibility index (Phi) is 5.05. The molecule has 0 aliphatic carbocycles. The van der Waals surface area contributed by atoms with E-state index >= 15 is 0 Å². The van der Waals surface area contributed by atoms with Gasteiger partial charge >= 0.3 is 5.97 Å². The molecule has 0 atom stereocenters. The Morgan fingerprint density at radius 1 is 1.00 bits per heavy atom. The Bertz CT molecular complexity index is 628. The summed E-state index contributed by atoms with van der Waals surface area (Å²) < 4.78 is 11.2. The molecule has 2 rings (SSSR count). The molecule has 0 bridgehead atoms. The first-order chi connectivity index (χ1) is 10.1. The molecule has 0 spiro atoms. The zero-order valence-corrected chi connectivity index (χ0v) is 13.1. The Morgan fingerprint density at radius 3 is 2.29 bits per heavy atom. The van der Waals surface area contributed by atoms with Gasteiger partial charge in [-0.3, -0.25) is 0 Å². The first-order valence-electron chi connectivity index (χ1n) is 6.09. The van der Waals surface area contributed by atoms with Crippen molar-refractivity contribution >= 4 is 27.6 Å². The molecule has 0 aromatic heterocycles. The lowest BCUT2D eigenvalue weighted by Gasteiger charge is -2.10. The van der Waals surface area contributed by atoms with Gasteiger partial charge in [0, 0.05) is 4.47 Å². The van der Waals surface area contributed by atoms with E-state index in [1.807, 2.05) is 12.1 Å². The lowest BCUT2D eigenvalue weighted by atomic mass is 10.2. The molecule has 0 saturated heterocycles. The second-order valence-electron chi connectivity index (χ2n) is 4.07. The Balaban J connectivity index is 2.04. The zero-order chi connectivity index (χ0) is 15.2. The number of methoxy groups -OCH3 is 2. The Hall–Kier alpha value is -2.21. The highest BCUT2D eigenvalue weighted by molar-refractivity contribution is 9.10. The number of anilines is 1. The van der Waals surface area contributed by atoms with Gasteiger partial charge < -0.3 is 14.3 Å². The van der Waals surface area contributed by atoms with Gasteiger partial charge in [-0.05, 0) is 42.5 Å².